The zero-order valence-electron chi connectivity index (χ0n) is 8.82. The lowest BCUT2D eigenvalue weighted by Gasteiger charge is -2.23. The Bertz CT molecular complexity index is 336. The van der Waals surface area contributed by atoms with Gasteiger partial charge in [0.05, 0.1) is 4.47 Å². The van der Waals surface area contributed by atoms with E-state index in [0.29, 0.717) is 10.4 Å². The fourth-order valence-corrected chi connectivity index (χ4v) is 2.72. The van der Waals surface area contributed by atoms with Gasteiger partial charge in [0, 0.05) is 0 Å². The lowest BCUT2D eigenvalue weighted by atomic mass is 9.89. The summed E-state index contributed by atoms with van der Waals surface area (Å²) in [5, 5.41) is 3.34. The van der Waals surface area contributed by atoms with E-state index in [1.807, 2.05) is 19.1 Å². The first kappa shape index (κ1) is 11.1. The normalized spacial score (nSPS) is 18.1. The van der Waals surface area contributed by atoms with Crippen molar-refractivity contribution < 1.29 is 4.39 Å². The zero-order chi connectivity index (χ0) is 10.8. The second-order valence-electron chi connectivity index (χ2n) is 4.16. The first-order chi connectivity index (χ1) is 7.18. The molecule has 1 nitrogen and oxygen atoms in total. The molecule has 1 aromatic rings. The highest BCUT2D eigenvalue weighted by Crippen LogP contribution is 2.30. The average Bonchev–Trinajstić information content (AvgIpc) is 2.26. The largest absolute Gasteiger partial charge is 0.317 e. The van der Waals surface area contributed by atoms with Gasteiger partial charge in [-0.1, -0.05) is 6.07 Å². The maximum Gasteiger partial charge on any atom is 0.140 e. The van der Waals surface area contributed by atoms with Gasteiger partial charge in [0.15, 0.2) is 0 Å². The van der Waals surface area contributed by atoms with Crippen LogP contribution in [0, 0.1) is 12.7 Å². The minimum absolute atomic E-state index is 0.132. The average molecular weight is 272 g/mol. The van der Waals surface area contributed by atoms with E-state index < -0.39 is 0 Å². The molecule has 82 valence electrons. The molecule has 3 heteroatoms. The number of piperidine rings is 1. The van der Waals surface area contributed by atoms with Gasteiger partial charge in [-0.25, -0.2) is 4.39 Å². The van der Waals surface area contributed by atoms with Crippen LogP contribution in [0.2, 0.25) is 0 Å². The molecule has 0 spiro atoms. The van der Waals surface area contributed by atoms with E-state index in [2.05, 4.69) is 21.2 Å². The molecule has 2 rings (SSSR count). The number of rotatable bonds is 1. The molecule has 1 saturated heterocycles. The van der Waals surface area contributed by atoms with E-state index in [9.17, 15) is 4.39 Å². The highest BCUT2D eigenvalue weighted by molar-refractivity contribution is 9.10. The summed E-state index contributed by atoms with van der Waals surface area (Å²) in [6.07, 6.45) is 2.30. The molecule has 1 fully saturated rings. The summed E-state index contributed by atoms with van der Waals surface area (Å²) < 4.78 is 14.0. The number of hydrogen-bond donors (Lipinski definition) is 1. The van der Waals surface area contributed by atoms with Crippen LogP contribution in [0.1, 0.15) is 29.9 Å². The van der Waals surface area contributed by atoms with Crippen molar-refractivity contribution in [3.63, 3.8) is 0 Å². The standard InChI is InChI=1S/C12H15BrFN/c1-8-6-10(7-11(13)12(8)14)9-2-4-15-5-3-9/h6-7,9,15H,2-5H2,1H3. The van der Waals surface area contributed by atoms with Crippen molar-refractivity contribution in [3.8, 4) is 0 Å². The predicted molar refractivity (Wildman–Crippen MR) is 63.7 cm³/mol. The van der Waals surface area contributed by atoms with Crippen molar-refractivity contribution in [2.75, 3.05) is 13.1 Å². The topological polar surface area (TPSA) is 12.0 Å². The highest BCUT2D eigenvalue weighted by Gasteiger charge is 2.17. The van der Waals surface area contributed by atoms with Gasteiger partial charge in [0.2, 0.25) is 0 Å². The van der Waals surface area contributed by atoms with Gasteiger partial charge in [0.1, 0.15) is 5.82 Å². The van der Waals surface area contributed by atoms with Crippen molar-refractivity contribution in [2.45, 2.75) is 25.7 Å². The van der Waals surface area contributed by atoms with Gasteiger partial charge in [-0.15, -0.1) is 0 Å². The number of nitrogens with one attached hydrogen (secondary N) is 1. The molecular formula is C12H15BrFN. The van der Waals surface area contributed by atoms with E-state index in [1.165, 1.54) is 5.56 Å². The summed E-state index contributed by atoms with van der Waals surface area (Å²) in [4.78, 5) is 0. The monoisotopic (exact) mass is 271 g/mol. The van der Waals surface area contributed by atoms with Crippen LogP contribution in [-0.4, -0.2) is 13.1 Å². The summed E-state index contributed by atoms with van der Waals surface area (Å²) in [5.41, 5.74) is 2.00. The quantitative estimate of drug-likeness (QED) is 0.826. The van der Waals surface area contributed by atoms with Gasteiger partial charge < -0.3 is 5.32 Å². The molecule has 15 heavy (non-hydrogen) atoms. The Balaban J connectivity index is 2.27. The molecule has 0 aromatic heterocycles. The van der Waals surface area contributed by atoms with Gasteiger partial charge in [-0.3, -0.25) is 0 Å². The van der Waals surface area contributed by atoms with Gasteiger partial charge in [0.25, 0.3) is 0 Å². The number of halogens is 2. The van der Waals surface area contributed by atoms with Crippen molar-refractivity contribution in [2.24, 2.45) is 0 Å². The summed E-state index contributed by atoms with van der Waals surface area (Å²) >= 11 is 3.27. The highest BCUT2D eigenvalue weighted by atomic mass is 79.9. The van der Waals surface area contributed by atoms with Gasteiger partial charge in [-0.05, 0) is 71.9 Å². The SMILES string of the molecule is Cc1cc(C2CCNCC2)cc(Br)c1F. The van der Waals surface area contributed by atoms with Gasteiger partial charge in [-0.2, -0.15) is 0 Å². The first-order valence-corrected chi connectivity index (χ1v) is 6.14. The molecule has 0 radical (unpaired) electrons. The van der Waals surface area contributed by atoms with Crippen LogP contribution < -0.4 is 5.32 Å². The number of hydrogen-bond acceptors (Lipinski definition) is 1. The number of aryl methyl sites for hydroxylation is 1. The Morgan fingerprint density at radius 1 is 1.33 bits per heavy atom. The lowest BCUT2D eigenvalue weighted by Crippen LogP contribution is -2.26. The van der Waals surface area contributed by atoms with E-state index in [-0.39, 0.29) is 5.82 Å². The van der Waals surface area contributed by atoms with Crippen LogP contribution >= 0.6 is 15.9 Å². The Morgan fingerprint density at radius 3 is 2.60 bits per heavy atom. The van der Waals surface area contributed by atoms with Crippen LogP contribution in [0.15, 0.2) is 16.6 Å². The summed E-state index contributed by atoms with van der Waals surface area (Å²) in [5.74, 6) is 0.453. The van der Waals surface area contributed by atoms with Crippen molar-refractivity contribution in [1.29, 1.82) is 0 Å². The minimum Gasteiger partial charge on any atom is -0.317 e. The second kappa shape index (κ2) is 4.62. The molecule has 0 unspecified atom stereocenters. The summed E-state index contributed by atoms with van der Waals surface area (Å²) in [6, 6.07) is 3.91. The van der Waals surface area contributed by atoms with E-state index in [4.69, 9.17) is 0 Å². The maximum atomic E-state index is 13.4. The number of benzene rings is 1. The molecule has 1 N–H and O–H groups in total. The Morgan fingerprint density at radius 2 is 2.00 bits per heavy atom. The predicted octanol–water partition coefficient (Wildman–Crippen LogP) is 3.36. The van der Waals surface area contributed by atoms with Crippen molar-refractivity contribution >= 4 is 15.9 Å². The molecule has 0 saturated carbocycles. The molecule has 0 amide bonds. The van der Waals surface area contributed by atoms with Crippen LogP contribution in [0.5, 0.6) is 0 Å². The Hall–Kier alpha value is -0.410. The van der Waals surface area contributed by atoms with Crippen LogP contribution in [-0.2, 0) is 0 Å². The van der Waals surface area contributed by atoms with Gasteiger partial charge >= 0.3 is 0 Å². The van der Waals surface area contributed by atoms with Crippen LogP contribution in [0.25, 0.3) is 0 Å². The van der Waals surface area contributed by atoms with Crippen LogP contribution in [0.4, 0.5) is 4.39 Å². The van der Waals surface area contributed by atoms with E-state index in [0.717, 1.165) is 31.5 Å². The second-order valence-corrected chi connectivity index (χ2v) is 5.01. The molecule has 0 bridgehead atoms. The molecule has 1 aliphatic heterocycles. The Kier molecular flexibility index (Phi) is 3.42. The molecule has 1 aromatic carbocycles. The van der Waals surface area contributed by atoms with Crippen molar-refractivity contribution in [1.82, 2.24) is 5.32 Å². The molecule has 0 aliphatic carbocycles. The third-order valence-corrected chi connectivity index (χ3v) is 3.62. The summed E-state index contributed by atoms with van der Waals surface area (Å²) in [6.45, 7) is 3.96. The zero-order valence-corrected chi connectivity index (χ0v) is 10.4. The van der Waals surface area contributed by atoms with Crippen LogP contribution in [0.3, 0.4) is 0 Å². The fraction of sp³-hybridized carbons (Fsp3) is 0.500. The summed E-state index contributed by atoms with van der Waals surface area (Å²) in [7, 11) is 0. The third-order valence-electron chi connectivity index (χ3n) is 3.04. The smallest absolute Gasteiger partial charge is 0.140 e. The molecule has 1 heterocycles. The Labute approximate surface area is 98.2 Å². The van der Waals surface area contributed by atoms with Crippen molar-refractivity contribution in [3.05, 3.63) is 33.5 Å². The first-order valence-electron chi connectivity index (χ1n) is 5.34. The maximum absolute atomic E-state index is 13.4. The molecule has 0 atom stereocenters. The lowest BCUT2D eigenvalue weighted by molar-refractivity contribution is 0.459. The minimum atomic E-state index is -0.132. The van der Waals surface area contributed by atoms with E-state index in [1.54, 1.807) is 0 Å². The fourth-order valence-electron chi connectivity index (χ4n) is 2.14. The molecular weight excluding hydrogens is 257 g/mol. The third kappa shape index (κ3) is 2.40. The molecule has 1 aliphatic rings. The van der Waals surface area contributed by atoms with E-state index >= 15 is 0 Å².